The lowest BCUT2D eigenvalue weighted by Gasteiger charge is -2.06. The van der Waals surface area contributed by atoms with E-state index in [1.165, 1.54) is 0 Å². The maximum absolute atomic E-state index is 11.6. The molecule has 9 nitrogen and oxygen atoms in total. The summed E-state index contributed by atoms with van der Waals surface area (Å²) in [6, 6.07) is 6.36. The molecule has 1 amide bonds. The van der Waals surface area contributed by atoms with Gasteiger partial charge in [0.1, 0.15) is 11.9 Å². The number of carbonyl (C=O) groups is 2. The van der Waals surface area contributed by atoms with E-state index < -0.39 is 23.4 Å². The van der Waals surface area contributed by atoms with Crippen molar-refractivity contribution in [3.63, 3.8) is 0 Å². The molecule has 0 aliphatic carbocycles. The SMILES string of the molecule is O=C(COC(=O)COc1ccc(Cl)cc1)Nc1ncc([N+](=O)[O-])s1. The summed E-state index contributed by atoms with van der Waals surface area (Å²) in [5.41, 5.74) is 0. The van der Waals surface area contributed by atoms with Crippen LogP contribution in [0.4, 0.5) is 10.1 Å². The smallest absolute Gasteiger partial charge is 0.345 e. The van der Waals surface area contributed by atoms with E-state index >= 15 is 0 Å². The van der Waals surface area contributed by atoms with Crippen molar-refractivity contribution in [2.24, 2.45) is 0 Å². The second-order valence-corrected chi connectivity index (χ2v) is 5.66. The zero-order valence-corrected chi connectivity index (χ0v) is 13.5. The van der Waals surface area contributed by atoms with E-state index in [4.69, 9.17) is 21.1 Å². The Balaban J connectivity index is 1.71. The largest absolute Gasteiger partial charge is 0.482 e. The molecule has 2 rings (SSSR count). The number of hydrogen-bond donors (Lipinski definition) is 1. The van der Waals surface area contributed by atoms with E-state index in [0.717, 1.165) is 6.20 Å². The molecule has 0 atom stereocenters. The van der Waals surface area contributed by atoms with Crippen molar-refractivity contribution in [3.8, 4) is 5.75 Å². The zero-order valence-electron chi connectivity index (χ0n) is 11.9. The lowest BCUT2D eigenvalue weighted by atomic mass is 10.3. The number of amides is 1. The number of hydrogen-bond acceptors (Lipinski definition) is 8. The number of ether oxygens (including phenoxy) is 2. The van der Waals surface area contributed by atoms with Crippen LogP contribution in [0.3, 0.4) is 0 Å². The molecule has 0 aliphatic rings. The number of nitro groups is 1. The van der Waals surface area contributed by atoms with Gasteiger partial charge in [-0.25, -0.2) is 9.78 Å². The summed E-state index contributed by atoms with van der Waals surface area (Å²) in [4.78, 5) is 36.6. The highest BCUT2D eigenvalue weighted by molar-refractivity contribution is 7.18. The number of halogens is 1. The van der Waals surface area contributed by atoms with Gasteiger partial charge in [-0.3, -0.25) is 20.2 Å². The van der Waals surface area contributed by atoms with Gasteiger partial charge in [-0.1, -0.05) is 11.6 Å². The van der Waals surface area contributed by atoms with Gasteiger partial charge < -0.3 is 9.47 Å². The lowest BCUT2D eigenvalue weighted by molar-refractivity contribution is -0.380. The minimum Gasteiger partial charge on any atom is -0.482 e. The minimum atomic E-state index is -0.745. The summed E-state index contributed by atoms with van der Waals surface area (Å²) in [6.07, 6.45) is 1.02. The molecule has 0 unspecified atom stereocenters. The summed E-state index contributed by atoms with van der Waals surface area (Å²) in [6.45, 7) is -0.937. The summed E-state index contributed by atoms with van der Waals surface area (Å²) >= 11 is 6.41. The Morgan fingerprint density at radius 2 is 2.00 bits per heavy atom. The Bertz CT molecular complexity index is 748. The van der Waals surface area contributed by atoms with Gasteiger partial charge in [0, 0.05) is 5.02 Å². The number of thiazole rings is 1. The van der Waals surface area contributed by atoms with Crippen LogP contribution in [-0.4, -0.2) is 35.0 Å². The third-order valence-electron chi connectivity index (χ3n) is 2.45. The zero-order chi connectivity index (χ0) is 17.5. The summed E-state index contributed by atoms with van der Waals surface area (Å²) in [5, 5.41) is 13.1. The van der Waals surface area contributed by atoms with Gasteiger partial charge in [0.2, 0.25) is 0 Å². The van der Waals surface area contributed by atoms with Crippen LogP contribution in [0.2, 0.25) is 5.02 Å². The maximum Gasteiger partial charge on any atom is 0.345 e. The molecule has 1 heterocycles. The molecule has 126 valence electrons. The molecule has 0 aliphatic heterocycles. The fourth-order valence-electron chi connectivity index (χ4n) is 1.42. The van der Waals surface area contributed by atoms with Crippen LogP contribution in [-0.2, 0) is 14.3 Å². The number of benzene rings is 1. The monoisotopic (exact) mass is 371 g/mol. The molecule has 0 fully saturated rings. The third kappa shape index (κ3) is 5.48. The molecule has 0 bridgehead atoms. The van der Waals surface area contributed by atoms with E-state index in [1.54, 1.807) is 24.3 Å². The molecule has 24 heavy (non-hydrogen) atoms. The molecule has 0 saturated heterocycles. The summed E-state index contributed by atoms with van der Waals surface area (Å²) in [7, 11) is 0. The second-order valence-electron chi connectivity index (χ2n) is 4.21. The number of nitrogens with zero attached hydrogens (tertiary/aromatic N) is 2. The molecule has 1 N–H and O–H groups in total. The highest BCUT2D eigenvalue weighted by Crippen LogP contribution is 2.24. The van der Waals surface area contributed by atoms with Crippen molar-refractivity contribution in [3.05, 3.63) is 45.6 Å². The Morgan fingerprint density at radius 1 is 1.29 bits per heavy atom. The van der Waals surface area contributed by atoms with Crippen molar-refractivity contribution in [2.45, 2.75) is 0 Å². The average Bonchev–Trinajstić information content (AvgIpc) is 3.01. The van der Waals surface area contributed by atoms with Crippen molar-refractivity contribution in [2.75, 3.05) is 18.5 Å². The molecule has 0 radical (unpaired) electrons. The summed E-state index contributed by atoms with van der Waals surface area (Å²) < 4.78 is 9.87. The summed E-state index contributed by atoms with van der Waals surface area (Å²) in [5.74, 6) is -0.986. The van der Waals surface area contributed by atoms with Gasteiger partial charge in [0.25, 0.3) is 5.91 Å². The van der Waals surface area contributed by atoms with Crippen LogP contribution in [0.15, 0.2) is 30.5 Å². The topological polar surface area (TPSA) is 121 Å². The predicted octanol–water partition coefficient (Wildman–Crippen LogP) is 2.27. The van der Waals surface area contributed by atoms with Crippen molar-refractivity contribution in [1.29, 1.82) is 0 Å². The van der Waals surface area contributed by atoms with Crippen LogP contribution in [0, 0.1) is 10.1 Å². The van der Waals surface area contributed by atoms with Crippen LogP contribution < -0.4 is 10.1 Å². The Labute approximate surface area is 144 Å². The first-order valence-electron chi connectivity index (χ1n) is 6.38. The van der Waals surface area contributed by atoms with E-state index in [1.807, 2.05) is 0 Å². The first-order chi connectivity index (χ1) is 11.4. The van der Waals surface area contributed by atoms with Gasteiger partial charge in [-0.05, 0) is 35.6 Å². The van der Waals surface area contributed by atoms with Crippen LogP contribution in [0.25, 0.3) is 0 Å². The number of anilines is 1. The molecular formula is C13H10ClN3O6S. The number of nitrogens with one attached hydrogen (secondary N) is 1. The maximum atomic E-state index is 11.6. The van der Waals surface area contributed by atoms with Crippen molar-refractivity contribution < 1.29 is 24.0 Å². The van der Waals surface area contributed by atoms with Gasteiger partial charge in [0.05, 0.1) is 4.92 Å². The predicted molar refractivity (Wildman–Crippen MR) is 85.3 cm³/mol. The van der Waals surface area contributed by atoms with Crippen molar-refractivity contribution in [1.82, 2.24) is 4.98 Å². The molecule has 11 heteroatoms. The van der Waals surface area contributed by atoms with Crippen LogP contribution >= 0.6 is 22.9 Å². The molecule has 1 aromatic heterocycles. The highest BCUT2D eigenvalue weighted by atomic mass is 35.5. The number of carbonyl (C=O) groups excluding carboxylic acids is 2. The van der Waals surface area contributed by atoms with Gasteiger partial charge in [-0.15, -0.1) is 0 Å². The molecular weight excluding hydrogens is 362 g/mol. The lowest BCUT2D eigenvalue weighted by Crippen LogP contribution is -2.23. The van der Waals surface area contributed by atoms with Crippen molar-refractivity contribution >= 4 is 44.9 Å². The number of aromatic nitrogens is 1. The molecule has 2 aromatic rings. The van der Waals surface area contributed by atoms with Gasteiger partial charge in [-0.2, -0.15) is 0 Å². The first-order valence-corrected chi connectivity index (χ1v) is 7.57. The molecule has 0 spiro atoms. The fourth-order valence-corrected chi connectivity index (χ4v) is 2.20. The molecule has 0 saturated carbocycles. The molecule has 1 aromatic carbocycles. The first kappa shape index (κ1) is 17.6. The normalized spacial score (nSPS) is 10.0. The quantitative estimate of drug-likeness (QED) is 0.450. The van der Waals surface area contributed by atoms with Crippen LogP contribution in [0.5, 0.6) is 5.75 Å². The van der Waals surface area contributed by atoms with E-state index in [0.29, 0.717) is 22.1 Å². The van der Waals surface area contributed by atoms with E-state index in [2.05, 4.69) is 10.3 Å². The van der Waals surface area contributed by atoms with E-state index in [-0.39, 0.29) is 16.7 Å². The second kappa shape index (κ2) is 8.22. The van der Waals surface area contributed by atoms with Gasteiger partial charge in [0.15, 0.2) is 18.3 Å². The number of esters is 1. The Morgan fingerprint density at radius 3 is 2.62 bits per heavy atom. The minimum absolute atomic E-state index is 0.0418. The Hall–Kier alpha value is -2.72. The standard InChI is InChI=1S/C13H10ClN3O6S/c14-8-1-3-9(4-2-8)22-7-12(19)23-6-10(18)16-13-15-5-11(24-13)17(20)21/h1-5H,6-7H2,(H,15,16,18). The Kier molecular flexibility index (Phi) is 6.04. The number of rotatable bonds is 7. The average molecular weight is 372 g/mol. The van der Waals surface area contributed by atoms with E-state index in [9.17, 15) is 19.7 Å². The van der Waals surface area contributed by atoms with Gasteiger partial charge >= 0.3 is 11.0 Å². The van der Waals surface area contributed by atoms with Crippen LogP contribution in [0.1, 0.15) is 0 Å². The third-order valence-corrected chi connectivity index (χ3v) is 3.57. The fraction of sp³-hybridized carbons (Fsp3) is 0.154. The highest BCUT2D eigenvalue weighted by Gasteiger charge is 2.14.